The molecule has 1 rings (SSSR count). The summed E-state index contributed by atoms with van der Waals surface area (Å²) >= 11 is 0. The van der Waals surface area contributed by atoms with Crippen LogP contribution in [0.5, 0.6) is 0 Å². The summed E-state index contributed by atoms with van der Waals surface area (Å²) in [7, 11) is 1.42. The Balaban J connectivity index is 2.77. The predicted molar refractivity (Wildman–Crippen MR) is 30.5 cm³/mol. The summed E-state index contributed by atoms with van der Waals surface area (Å²) in [6.07, 6.45) is 2.86. The van der Waals surface area contributed by atoms with Crippen molar-refractivity contribution < 1.29 is 4.42 Å². The van der Waals surface area contributed by atoms with Gasteiger partial charge in [0.15, 0.2) is 0 Å². The molecular weight excluding hydrogens is 106 g/mol. The standard InChI is InChI=1S/C5H6NO2/c1-6(7)5-2-3-8-4-5/h2-4H,1H3/q-1. The predicted octanol–water partition coefficient (Wildman–Crippen LogP) is 1.21. The summed E-state index contributed by atoms with van der Waals surface area (Å²) in [6.45, 7) is 0. The molecule has 1 aromatic rings. The van der Waals surface area contributed by atoms with Crippen LogP contribution in [0.1, 0.15) is 0 Å². The van der Waals surface area contributed by atoms with Gasteiger partial charge in [0, 0.05) is 0 Å². The summed E-state index contributed by atoms with van der Waals surface area (Å²) in [5, 5.41) is 11.1. The van der Waals surface area contributed by atoms with Crippen molar-refractivity contribution in [3.05, 3.63) is 23.8 Å². The molecule has 0 N–H and O–H groups in total. The van der Waals surface area contributed by atoms with Crippen molar-refractivity contribution in [3.8, 4) is 0 Å². The minimum Gasteiger partial charge on any atom is -0.758 e. The smallest absolute Gasteiger partial charge is 0.113 e. The molecule has 0 saturated heterocycles. The van der Waals surface area contributed by atoms with Gasteiger partial charge in [0.2, 0.25) is 0 Å². The molecule has 44 valence electrons. The molecule has 0 spiro atoms. The zero-order valence-electron chi connectivity index (χ0n) is 4.50. The van der Waals surface area contributed by atoms with Crippen molar-refractivity contribution in [1.29, 1.82) is 0 Å². The molecule has 0 amide bonds. The Bertz CT molecular complexity index is 145. The Labute approximate surface area is 47.1 Å². The lowest BCUT2D eigenvalue weighted by molar-refractivity contribution is 0.567. The summed E-state index contributed by atoms with van der Waals surface area (Å²) in [5.41, 5.74) is 0.546. The van der Waals surface area contributed by atoms with E-state index in [0.29, 0.717) is 5.69 Å². The van der Waals surface area contributed by atoms with Crippen LogP contribution in [-0.2, 0) is 0 Å². The van der Waals surface area contributed by atoms with Crippen LogP contribution in [0.3, 0.4) is 0 Å². The molecule has 0 fully saturated rings. The maximum Gasteiger partial charge on any atom is 0.113 e. The average Bonchev–Trinajstić information content (AvgIpc) is 2.12. The highest BCUT2D eigenvalue weighted by Crippen LogP contribution is 2.09. The van der Waals surface area contributed by atoms with Crippen LogP contribution >= 0.6 is 0 Å². The molecule has 0 bridgehead atoms. The average molecular weight is 112 g/mol. The summed E-state index contributed by atoms with van der Waals surface area (Å²) in [5.74, 6) is 0. The maximum absolute atomic E-state index is 10.4. The second kappa shape index (κ2) is 1.88. The third-order valence-electron chi connectivity index (χ3n) is 0.870. The molecule has 0 aromatic carbocycles. The molecule has 3 nitrogen and oxygen atoms in total. The van der Waals surface area contributed by atoms with E-state index in [4.69, 9.17) is 0 Å². The van der Waals surface area contributed by atoms with Crippen LogP contribution in [-0.4, -0.2) is 7.05 Å². The Kier molecular flexibility index (Phi) is 1.22. The molecule has 3 heteroatoms. The van der Waals surface area contributed by atoms with Gasteiger partial charge in [0.1, 0.15) is 6.26 Å². The van der Waals surface area contributed by atoms with Crippen LogP contribution in [0.4, 0.5) is 5.69 Å². The summed E-state index contributed by atoms with van der Waals surface area (Å²) < 4.78 is 4.63. The van der Waals surface area contributed by atoms with Crippen molar-refractivity contribution in [3.63, 3.8) is 0 Å². The lowest BCUT2D eigenvalue weighted by Crippen LogP contribution is -2.03. The number of hydrogen-bond acceptors (Lipinski definition) is 3. The topological polar surface area (TPSA) is 39.4 Å². The fraction of sp³-hybridized carbons (Fsp3) is 0.200. The highest BCUT2D eigenvalue weighted by Gasteiger charge is 1.86. The third kappa shape index (κ3) is 0.816. The number of rotatable bonds is 1. The lowest BCUT2D eigenvalue weighted by atomic mass is 10.5. The van der Waals surface area contributed by atoms with Crippen LogP contribution in [0.2, 0.25) is 0 Å². The van der Waals surface area contributed by atoms with Gasteiger partial charge >= 0.3 is 0 Å². The highest BCUT2D eigenvalue weighted by atomic mass is 16.5. The van der Waals surface area contributed by atoms with E-state index < -0.39 is 0 Å². The quantitative estimate of drug-likeness (QED) is 0.512. The van der Waals surface area contributed by atoms with Gasteiger partial charge in [-0.1, -0.05) is 0 Å². The third-order valence-corrected chi connectivity index (χ3v) is 0.870. The molecule has 8 heavy (non-hydrogen) atoms. The lowest BCUT2D eigenvalue weighted by Gasteiger charge is -2.21. The van der Waals surface area contributed by atoms with Crippen molar-refractivity contribution in [2.75, 3.05) is 12.1 Å². The highest BCUT2D eigenvalue weighted by molar-refractivity contribution is 5.42. The summed E-state index contributed by atoms with van der Waals surface area (Å²) in [4.78, 5) is 0. The van der Waals surface area contributed by atoms with Crippen LogP contribution in [0.15, 0.2) is 23.0 Å². The second-order valence-electron chi connectivity index (χ2n) is 1.48. The minimum atomic E-state index is 0.546. The van der Waals surface area contributed by atoms with Crippen LogP contribution in [0.25, 0.3) is 0 Å². The first-order valence-corrected chi connectivity index (χ1v) is 2.24. The van der Waals surface area contributed by atoms with E-state index in [2.05, 4.69) is 4.42 Å². The maximum atomic E-state index is 10.4. The monoisotopic (exact) mass is 112 g/mol. The van der Waals surface area contributed by atoms with Gasteiger partial charge in [-0.15, -0.1) is 0 Å². The normalized spacial score (nSPS) is 9.25. The zero-order valence-corrected chi connectivity index (χ0v) is 4.50. The molecule has 0 atom stereocenters. The van der Waals surface area contributed by atoms with Gasteiger partial charge in [-0.3, -0.25) is 0 Å². The zero-order chi connectivity index (χ0) is 5.98. The first-order valence-electron chi connectivity index (χ1n) is 2.24. The molecule has 1 aromatic heterocycles. The first kappa shape index (κ1) is 5.18. The van der Waals surface area contributed by atoms with Gasteiger partial charge in [-0.25, -0.2) is 0 Å². The van der Waals surface area contributed by atoms with E-state index in [1.165, 1.54) is 19.6 Å². The van der Waals surface area contributed by atoms with Crippen molar-refractivity contribution in [2.45, 2.75) is 0 Å². The van der Waals surface area contributed by atoms with E-state index in [1.54, 1.807) is 6.07 Å². The van der Waals surface area contributed by atoms with Gasteiger partial charge in [-0.05, 0) is 13.1 Å². The Hall–Kier alpha value is -0.960. The molecule has 0 aliphatic carbocycles. The van der Waals surface area contributed by atoms with Gasteiger partial charge in [0.25, 0.3) is 0 Å². The fourth-order valence-corrected chi connectivity index (χ4v) is 0.436. The number of furan rings is 1. The van der Waals surface area contributed by atoms with Gasteiger partial charge in [0.05, 0.1) is 12.0 Å². The molecule has 1 heterocycles. The van der Waals surface area contributed by atoms with E-state index in [9.17, 15) is 5.21 Å². The minimum absolute atomic E-state index is 0.546. The Morgan fingerprint density at radius 1 is 1.75 bits per heavy atom. The number of hydroxylamine groups is 1. The van der Waals surface area contributed by atoms with Crippen LogP contribution in [0, 0.1) is 5.21 Å². The van der Waals surface area contributed by atoms with Gasteiger partial charge in [-0.2, -0.15) is 0 Å². The SMILES string of the molecule is CN([O-])c1ccoc1. The second-order valence-corrected chi connectivity index (χ2v) is 1.48. The van der Waals surface area contributed by atoms with E-state index in [-0.39, 0.29) is 0 Å². The van der Waals surface area contributed by atoms with Gasteiger partial charge < -0.3 is 14.7 Å². The Morgan fingerprint density at radius 2 is 2.50 bits per heavy atom. The molecule has 0 unspecified atom stereocenters. The molecule has 0 aliphatic rings. The number of hydrogen-bond donors (Lipinski definition) is 0. The van der Waals surface area contributed by atoms with Crippen LogP contribution < -0.4 is 5.06 Å². The molecule has 0 saturated carbocycles. The van der Waals surface area contributed by atoms with Crippen molar-refractivity contribution >= 4 is 5.69 Å². The molecule has 0 aliphatic heterocycles. The van der Waals surface area contributed by atoms with E-state index >= 15 is 0 Å². The van der Waals surface area contributed by atoms with Crippen molar-refractivity contribution in [2.24, 2.45) is 0 Å². The molecular formula is C5H6NO2-. The van der Waals surface area contributed by atoms with E-state index in [1.807, 2.05) is 0 Å². The van der Waals surface area contributed by atoms with Crippen molar-refractivity contribution in [1.82, 2.24) is 0 Å². The fourth-order valence-electron chi connectivity index (χ4n) is 0.436. The Morgan fingerprint density at radius 3 is 2.75 bits per heavy atom. The molecule has 0 radical (unpaired) electrons. The number of anilines is 1. The summed E-state index contributed by atoms with van der Waals surface area (Å²) in [6, 6.07) is 1.60. The largest absolute Gasteiger partial charge is 0.758 e. The number of nitrogens with zero attached hydrogens (tertiary/aromatic N) is 1. The first-order chi connectivity index (χ1) is 3.80. The van der Waals surface area contributed by atoms with E-state index in [0.717, 1.165) is 5.06 Å².